The number of hydrogen-bond donors (Lipinski definition) is 2. The highest BCUT2D eigenvalue weighted by molar-refractivity contribution is 5.46. The fourth-order valence-electron chi connectivity index (χ4n) is 3.12. The lowest BCUT2D eigenvalue weighted by Gasteiger charge is -2.27. The molecular weight excluding hydrogens is 250 g/mol. The quantitative estimate of drug-likeness (QED) is 0.787. The molecule has 1 aromatic heterocycles. The van der Waals surface area contributed by atoms with Crippen LogP contribution in [0.25, 0.3) is 0 Å². The second-order valence-electron chi connectivity index (χ2n) is 5.73. The van der Waals surface area contributed by atoms with Crippen molar-refractivity contribution in [1.82, 2.24) is 20.2 Å². The molecule has 20 heavy (non-hydrogen) atoms. The van der Waals surface area contributed by atoms with Gasteiger partial charge < -0.3 is 15.5 Å². The van der Waals surface area contributed by atoms with E-state index in [1.807, 2.05) is 0 Å². The molecule has 0 bridgehead atoms. The zero-order chi connectivity index (χ0) is 13.6. The molecule has 5 nitrogen and oxygen atoms in total. The largest absolute Gasteiger partial charge is 0.370 e. The van der Waals surface area contributed by atoms with Crippen LogP contribution in [0.1, 0.15) is 30.5 Å². The smallest absolute Gasteiger partial charge is 0.132 e. The first-order chi connectivity index (χ1) is 9.93. The highest BCUT2D eigenvalue weighted by atomic mass is 15.2. The molecule has 2 heterocycles. The zero-order valence-corrected chi connectivity index (χ0v) is 12.2. The van der Waals surface area contributed by atoms with E-state index in [0.717, 1.165) is 38.3 Å². The number of fused-ring (bicyclic) bond motifs is 1. The molecule has 5 heteroatoms. The molecule has 110 valence electrons. The van der Waals surface area contributed by atoms with E-state index in [0.29, 0.717) is 0 Å². The summed E-state index contributed by atoms with van der Waals surface area (Å²) in [5.41, 5.74) is 2.62. The summed E-state index contributed by atoms with van der Waals surface area (Å²) in [6.45, 7) is 6.82. The first-order valence-electron chi connectivity index (χ1n) is 7.93. The Labute approximate surface area is 121 Å². The SMILES string of the molecule is c1nc2c(c(NCCCN3CCNCC3)n1)CCCC2. The van der Waals surface area contributed by atoms with E-state index in [9.17, 15) is 0 Å². The van der Waals surface area contributed by atoms with Crippen molar-refractivity contribution in [2.24, 2.45) is 0 Å². The third-order valence-electron chi connectivity index (χ3n) is 4.28. The third kappa shape index (κ3) is 3.46. The van der Waals surface area contributed by atoms with Crippen LogP contribution in [0.2, 0.25) is 0 Å². The Morgan fingerprint density at radius 3 is 2.90 bits per heavy atom. The van der Waals surface area contributed by atoms with Crippen molar-refractivity contribution in [3.63, 3.8) is 0 Å². The van der Waals surface area contributed by atoms with E-state index >= 15 is 0 Å². The molecule has 1 aromatic rings. The van der Waals surface area contributed by atoms with Crippen LogP contribution in [-0.2, 0) is 12.8 Å². The summed E-state index contributed by atoms with van der Waals surface area (Å²) in [7, 11) is 0. The molecule has 0 aromatic carbocycles. The van der Waals surface area contributed by atoms with Crippen LogP contribution in [0.5, 0.6) is 0 Å². The van der Waals surface area contributed by atoms with Gasteiger partial charge in [0.2, 0.25) is 0 Å². The lowest BCUT2D eigenvalue weighted by molar-refractivity contribution is 0.240. The molecule has 1 aliphatic carbocycles. The topological polar surface area (TPSA) is 53.1 Å². The molecule has 3 rings (SSSR count). The number of piperazine rings is 1. The molecule has 0 spiro atoms. The predicted octanol–water partition coefficient (Wildman–Crippen LogP) is 1.06. The number of anilines is 1. The van der Waals surface area contributed by atoms with Gasteiger partial charge in [-0.2, -0.15) is 0 Å². The van der Waals surface area contributed by atoms with E-state index in [2.05, 4.69) is 25.5 Å². The van der Waals surface area contributed by atoms with Gasteiger partial charge in [-0.25, -0.2) is 9.97 Å². The molecule has 0 saturated carbocycles. The average Bonchev–Trinajstić information content (AvgIpc) is 2.53. The van der Waals surface area contributed by atoms with Crippen LogP contribution in [0.15, 0.2) is 6.33 Å². The third-order valence-corrected chi connectivity index (χ3v) is 4.28. The second-order valence-corrected chi connectivity index (χ2v) is 5.73. The molecule has 2 aliphatic rings. The van der Waals surface area contributed by atoms with Crippen LogP contribution in [0.4, 0.5) is 5.82 Å². The van der Waals surface area contributed by atoms with Gasteiger partial charge in [0.1, 0.15) is 12.1 Å². The fourth-order valence-corrected chi connectivity index (χ4v) is 3.12. The minimum absolute atomic E-state index is 1.01. The van der Waals surface area contributed by atoms with Crippen molar-refractivity contribution in [1.29, 1.82) is 0 Å². The molecule has 1 saturated heterocycles. The van der Waals surface area contributed by atoms with E-state index in [-0.39, 0.29) is 0 Å². The van der Waals surface area contributed by atoms with Crippen LogP contribution in [0, 0.1) is 0 Å². The van der Waals surface area contributed by atoms with Crippen molar-refractivity contribution < 1.29 is 0 Å². The first-order valence-corrected chi connectivity index (χ1v) is 7.93. The Kier molecular flexibility index (Phi) is 4.82. The molecule has 0 unspecified atom stereocenters. The van der Waals surface area contributed by atoms with Crippen LogP contribution < -0.4 is 10.6 Å². The van der Waals surface area contributed by atoms with Crippen molar-refractivity contribution in [2.45, 2.75) is 32.1 Å². The standard InChI is InChI=1S/C15H25N5/c1-2-5-14-13(4-1)15(19-12-18-14)17-6-3-9-20-10-7-16-8-11-20/h12,16H,1-11H2,(H,17,18,19). The van der Waals surface area contributed by atoms with Gasteiger partial charge in [0.25, 0.3) is 0 Å². The summed E-state index contributed by atoms with van der Waals surface area (Å²) in [6.07, 6.45) is 7.69. The maximum absolute atomic E-state index is 4.43. The van der Waals surface area contributed by atoms with Crippen molar-refractivity contribution in [2.75, 3.05) is 44.6 Å². The highest BCUT2D eigenvalue weighted by Crippen LogP contribution is 2.24. The maximum atomic E-state index is 4.43. The van der Waals surface area contributed by atoms with Crippen molar-refractivity contribution >= 4 is 5.82 Å². The number of nitrogens with one attached hydrogen (secondary N) is 2. The number of nitrogens with zero attached hydrogens (tertiary/aromatic N) is 3. The molecule has 0 amide bonds. The Morgan fingerprint density at radius 2 is 2.00 bits per heavy atom. The van der Waals surface area contributed by atoms with Gasteiger partial charge in [-0.1, -0.05) is 0 Å². The summed E-state index contributed by atoms with van der Waals surface area (Å²) in [5, 5.41) is 6.91. The normalized spacial score (nSPS) is 19.6. The van der Waals surface area contributed by atoms with Gasteiger partial charge in [0.05, 0.1) is 0 Å². The van der Waals surface area contributed by atoms with Gasteiger partial charge in [-0.15, -0.1) is 0 Å². The Hall–Kier alpha value is -1.20. The Balaban J connectivity index is 1.46. The monoisotopic (exact) mass is 275 g/mol. The van der Waals surface area contributed by atoms with E-state index in [1.54, 1.807) is 6.33 Å². The van der Waals surface area contributed by atoms with E-state index < -0.39 is 0 Å². The minimum atomic E-state index is 1.01. The Bertz CT molecular complexity index is 428. The number of hydrogen-bond acceptors (Lipinski definition) is 5. The summed E-state index contributed by atoms with van der Waals surface area (Å²) < 4.78 is 0. The summed E-state index contributed by atoms with van der Waals surface area (Å²) in [6, 6.07) is 0. The van der Waals surface area contributed by atoms with E-state index in [1.165, 1.54) is 50.2 Å². The van der Waals surface area contributed by atoms with Crippen LogP contribution in [0.3, 0.4) is 0 Å². The fraction of sp³-hybridized carbons (Fsp3) is 0.733. The lowest BCUT2D eigenvalue weighted by Crippen LogP contribution is -2.44. The van der Waals surface area contributed by atoms with E-state index in [4.69, 9.17) is 0 Å². The zero-order valence-electron chi connectivity index (χ0n) is 12.2. The highest BCUT2D eigenvalue weighted by Gasteiger charge is 2.15. The van der Waals surface area contributed by atoms with Gasteiger partial charge in [0.15, 0.2) is 0 Å². The maximum Gasteiger partial charge on any atom is 0.132 e. The van der Waals surface area contributed by atoms with Gasteiger partial charge in [-0.3, -0.25) is 0 Å². The predicted molar refractivity (Wildman–Crippen MR) is 81.1 cm³/mol. The van der Waals surface area contributed by atoms with Crippen molar-refractivity contribution in [3.8, 4) is 0 Å². The molecule has 1 fully saturated rings. The summed E-state index contributed by atoms with van der Waals surface area (Å²) in [5.74, 6) is 1.08. The average molecular weight is 275 g/mol. The summed E-state index contributed by atoms with van der Waals surface area (Å²) in [4.78, 5) is 11.4. The van der Waals surface area contributed by atoms with Gasteiger partial charge in [-0.05, 0) is 38.6 Å². The molecule has 0 radical (unpaired) electrons. The van der Waals surface area contributed by atoms with Crippen LogP contribution in [-0.4, -0.2) is 54.1 Å². The summed E-state index contributed by atoms with van der Waals surface area (Å²) >= 11 is 0. The molecular formula is C15H25N5. The Morgan fingerprint density at radius 1 is 1.15 bits per heavy atom. The molecule has 0 atom stereocenters. The lowest BCUT2D eigenvalue weighted by atomic mass is 9.96. The number of rotatable bonds is 5. The second kappa shape index (κ2) is 6.99. The number of aryl methyl sites for hydroxylation is 1. The molecule has 1 aliphatic heterocycles. The van der Waals surface area contributed by atoms with Gasteiger partial charge >= 0.3 is 0 Å². The molecule has 2 N–H and O–H groups in total. The minimum Gasteiger partial charge on any atom is -0.370 e. The van der Waals surface area contributed by atoms with Crippen LogP contribution >= 0.6 is 0 Å². The first kappa shape index (κ1) is 13.8. The number of aromatic nitrogens is 2. The van der Waals surface area contributed by atoms with Crippen molar-refractivity contribution in [3.05, 3.63) is 17.6 Å². The van der Waals surface area contributed by atoms with Gasteiger partial charge in [0, 0.05) is 44.0 Å².